The summed E-state index contributed by atoms with van der Waals surface area (Å²) in [5, 5.41) is 6.30. The lowest BCUT2D eigenvalue weighted by molar-refractivity contribution is 0.284. The smallest absolute Gasteiger partial charge is 0.180 e. The highest BCUT2D eigenvalue weighted by atomic mass is 35.5. The Bertz CT molecular complexity index is 1200. The van der Waals surface area contributed by atoms with E-state index in [1.54, 1.807) is 25.3 Å². The highest BCUT2D eigenvalue weighted by Gasteiger charge is 2.14. The molecule has 3 aromatic carbocycles. The number of aromatic nitrogens is 1. The third-order valence-corrected chi connectivity index (χ3v) is 6.28. The predicted molar refractivity (Wildman–Crippen MR) is 133 cm³/mol. The van der Waals surface area contributed by atoms with Crippen molar-refractivity contribution < 1.29 is 9.47 Å². The molecule has 0 atom stereocenters. The number of halogens is 3. The summed E-state index contributed by atoms with van der Waals surface area (Å²) in [6.07, 6.45) is 3.00. The molecule has 2 N–H and O–H groups in total. The van der Waals surface area contributed by atoms with Crippen LogP contribution in [0.4, 0.5) is 0 Å². The van der Waals surface area contributed by atoms with Crippen molar-refractivity contribution in [2.24, 2.45) is 0 Å². The van der Waals surface area contributed by atoms with E-state index in [1.807, 2.05) is 18.2 Å². The Morgan fingerprint density at radius 1 is 0.938 bits per heavy atom. The molecule has 0 bridgehead atoms. The normalized spacial score (nSPS) is 11.1. The van der Waals surface area contributed by atoms with Crippen LogP contribution < -0.4 is 14.8 Å². The third kappa shape index (κ3) is 5.16. The molecule has 0 aliphatic heterocycles. The van der Waals surface area contributed by atoms with Crippen LogP contribution in [0.25, 0.3) is 10.9 Å². The van der Waals surface area contributed by atoms with Gasteiger partial charge in [0.05, 0.1) is 12.1 Å². The number of methoxy groups -OCH3 is 1. The zero-order valence-corrected chi connectivity index (χ0v) is 19.8. The number of aromatic amines is 1. The molecular weight excluding hydrogens is 467 g/mol. The number of H-pyrrole nitrogens is 1. The Morgan fingerprint density at radius 2 is 1.72 bits per heavy atom. The third-order valence-electron chi connectivity index (χ3n) is 5.29. The number of para-hydroxylation sites is 1. The van der Waals surface area contributed by atoms with Crippen molar-refractivity contribution in [2.75, 3.05) is 13.7 Å². The predicted octanol–water partition coefficient (Wildman–Crippen LogP) is 7.05. The molecular formula is C25H23Cl3N2O2. The zero-order chi connectivity index (χ0) is 22.5. The van der Waals surface area contributed by atoms with E-state index in [0.717, 1.165) is 24.0 Å². The molecule has 4 aromatic rings. The number of hydrogen-bond acceptors (Lipinski definition) is 3. The van der Waals surface area contributed by atoms with Gasteiger partial charge in [-0.3, -0.25) is 0 Å². The Kier molecular flexibility index (Phi) is 7.48. The molecule has 4 rings (SSSR count). The van der Waals surface area contributed by atoms with Crippen LogP contribution in [0.3, 0.4) is 0 Å². The summed E-state index contributed by atoms with van der Waals surface area (Å²) < 4.78 is 11.4. The number of hydrogen-bond donors (Lipinski definition) is 2. The molecule has 1 aromatic heterocycles. The van der Waals surface area contributed by atoms with E-state index in [-0.39, 0.29) is 6.61 Å². The molecule has 0 fully saturated rings. The summed E-state index contributed by atoms with van der Waals surface area (Å²) in [4.78, 5) is 3.31. The maximum atomic E-state index is 6.52. The van der Waals surface area contributed by atoms with Crippen LogP contribution in [0.15, 0.2) is 60.8 Å². The van der Waals surface area contributed by atoms with Gasteiger partial charge in [0.25, 0.3) is 0 Å². The van der Waals surface area contributed by atoms with E-state index in [9.17, 15) is 0 Å². The molecule has 0 radical (unpaired) electrons. The average Bonchev–Trinajstić information content (AvgIpc) is 3.20. The standard InChI is InChI=1S/C25H23Cl3N2O2/c1-31-24-12-16(13-29-10-9-17-14-30-23-8-3-2-5-18(17)23)11-22(28)25(24)32-15-19-20(26)6-4-7-21(19)27/h2-8,11-12,14,29-30H,9-10,13,15H2,1H3. The Labute approximate surface area is 202 Å². The largest absolute Gasteiger partial charge is 0.493 e. The van der Waals surface area contributed by atoms with Crippen LogP contribution in [0.2, 0.25) is 15.1 Å². The van der Waals surface area contributed by atoms with Crippen molar-refractivity contribution in [1.82, 2.24) is 10.3 Å². The minimum Gasteiger partial charge on any atom is -0.493 e. The monoisotopic (exact) mass is 488 g/mol. The molecule has 166 valence electrons. The molecule has 0 amide bonds. The number of rotatable bonds is 9. The van der Waals surface area contributed by atoms with Gasteiger partial charge in [0.1, 0.15) is 6.61 Å². The highest BCUT2D eigenvalue weighted by molar-refractivity contribution is 6.36. The second-order valence-electron chi connectivity index (χ2n) is 7.38. The summed E-state index contributed by atoms with van der Waals surface area (Å²) >= 11 is 19.0. The van der Waals surface area contributed by atoms with Crippen LogP contribution >= 0.6 is 34.8 Å². The maximum absolute atomic E-state index is 6.52. The van der Waals surface area contributed by atoms with Crippen LogP contribution in [-0.4, -0.2) is 18.6 Å². The van der Waals surface area contributed by atoms with Gasteiger partial charge in [0.15, 0.2) is 11.5 Å². The lowest BCUT2D eigenvalue weighted by Crippen LogP contribution is -2.16. The fourth-order valence-electron chi connectivity index (χ4n) is 3.62. The second kappa shape index (κ2) is 10.5. The molecule has 0 unspecified atom stereocenters. The summed E-state index contributed by atoms with van der Waals surface area (Å²) in [7, 11) is 1.59. The summed E-state index contributed by atoms with van der Waals surface area (Å²) in [5.41, 5.74) is 4.17. The minimum atomic E-state index is 0.191. The first-order valence-electron chi connectivity index (χ1n) is 10.2. The molecule has 0 aliphatic carbocycles. The number of nitrogens with one attached hydrogen (secondary N) is 2. The lowest BCUT2D eigenvalue weighted by atomic mass is 10.1. The summed E-state index contributed by atoms with van der Waals surface area (Å²) in [5.74, 6) is 1.03. The SMILES string of the molecule is COc1cc(CNCCc2c[nH]c3ccccc23)cc(Cl)c1OCc1c(Cl)cccc1Cl. The lowest BCUT2D eigenvalue weighted by Gasteiger charge is -2.15. The van der Waals surface area contributed by atoms with Gasteiger partial charge in [-0.15, -0.1) is 0 Å². The van der Waals surface area contributed by atoms with E-state index >= 15 is 0 Å². The molecule has 4 nitrogen and oxygen atoms in total. The van der Waals surface area contributed by atoms with Gasteiger partial charge < -0.3 is 19.8 Å². The Balaban J connectivity index is 1.38. The van der Waals surface area contributed by atoms with Gasteiger partial charge in [0.2, 0.25) is 0 Å². The molecule has 7 heteroatoms. The van der Waals surface area contributed by atoms with Crippen molar-refractivity contribution in [1.29, 1.82) is 0 Å². The van der Waals surface area contributed by atoms with Crippen molar-refractivity contribution >= 4 is 45.7 Å². The molecule has 0 saturated carbocycles. The van der Waals surface area contributed by atoms with Crippen molar-refractivity contribution in [2.45, 2.75) is 19.6 Å². The van der Waals surface area contributed by atoms with Gasteiger partial charge in [-0.2, -0.15) is 0 Å². The molecule has 0 saturated heterocycles. The van der Waals surface area contributed by atoms with E-state index < -0.39 is 0 Å². The van der Waals surface area contributed by atoms with Gasteiger partial charge in [-0.05, 0) is 54.4 Å². The van der Waals surface area contributed by atoms with Crippen molar-refractivity contribution in [3.63, 3.8) is 0 Å². The fraction of sp³-hybridized carbons (Fsp3) is 0.200. The van der Waals surface area contributed by atoms with Gasteiger partial charge in [-0.25, -0.2) is 0 Å². The number of benzene rings is 3. The first kappa shape index (κ1) is 22.8. The first-order valence-corrected chi connectivity index (χ1v) is 11.4. The van der Waals surface area contributed by atoms with E-state index in [4.69, 9.17) is 44.3 Å². The highest BCUT2D eigenvalue weighted by Crippen LogP contribution is 2.38. The van der Waals surface area contributed by atoms with E-state index in [1.165, 1.54) is 10.9 Å². The summed E-state index contributed by atoms with van der Waals surface area (Å²) in [6, 6.07) is 17.5. The minimum absolute atomic E-state index is 0.191. The van der Waals surface area contributed by atoms with Gasteiger partial charge >= 0.3 is 0 Å². The van der Waals surface area contributed by atoms with Crippen LogP contribution in [0.1, 0.15) is 16.7 Å². The molecule has 0 aliphatic rings. The Morgan fingerprint density at radius 3 is 2.50 bits per heavy atom. The van der Waals surface area contributed by atoms with Gasteiger partial charge in [0, 0.05) is 39.3 Å². The molecule has 1 heterocycles. The number of fused-ring (bicyclic) bond motifs is 1. The van der Waals surface area contributed by atoms with E-state index in [0.29, 0.717) is 38.7 Å². The first-order chi connectivity index (χ1) is 15.6. The van der Waals surface area contributed by atoms with Crippen molar-refractivity contribution in [3.05, 3.63) is 92.6 Å². The van der Waals surface area contributed by atoms with Crippen LogP contribution in [0, 0.1) is 0 Å². The second-order valence-corrected chi connectivity index (χ2v) is 8.61. The van der Waals surface area contributed by atoms with E-state index in [2.05, 4.69) is 34.7 Å². The zero-order valence-electron chi connectivity index (χ0n) is 17.6. The van der Waals surface area contributed by atoms with Gasteiger partial charge in [-0.1, -0.05) is 59.1 Å². The van der Waals surface area contributed by atoms with Crippen molar-refractivity contribution in [3.8, 4) is 11.5 Å². The molecule has 0 spiro atoms. The average molecular weight is 490 g/mol. The maximum Gasteiger partial charge on any atom is 0.180 e. The Hall–Kier alpha value is -2.37. The summed E-state index contributed by atoms with van der Waals surface area (Å²) in [6.45, 7) is 1.69. The number of ether oxygens (including phenoxy) is 2. The fourth-order valence-corrected chi connectivity index (χ4v) is 4.42. The quantitative estimate of drug-likeness (QED) is 0.248. The van der Waals surface area contributed by atoms with Crippen LogP contribution in [0.5, 0.6) is 11.5 Å². The molecule has 32 heavy (non-hydrogen) atoms. The van der Waals surface area contributed by atoms with Crippen LogP contribution in [-0.2, 0) is 19.6 Å². The topological polar surface area (TPSA) is 46.3 Å².